The van der Waals surface area contributed by atoms with Crippen LogP contribution in [0.15, 0.2) is 54.7 Å². The number of carbonyl (C=O) groups is 1. The Morgan fingerprint density at radius 1 is 1.17 bits per heavy atom. The number of thioether (sulfide) groups is 1. The fraction of sp³-hybridized carbons (Fsp3) is 0.375. The molecule has 0 spiro atoms. The molecule has 0 aliphatic carbocycles. The number of rotatable bonds is 7. The molecule has 1 aliphatic rings. The minimum absolute atomic E-state index is 0.0261. The summed E-state index contributed by atoms with van der Waals surface area (Å²) in [6, 6.07) is 16.5. The normalized spacial score (nSPS) is 14.9. The van der Waals surface area contributed by atoms with Crippen LogP contribution in [-0.2, 0) is 28.2 Å². The van der Waals surface area contributed by atoms with E-state index >= 15 is 0 Å². The van der Waals surface area contributed by atoms with E-state index in [1.54, 1.807) is 0 Å². The summed E-state index contributed by atoms with van der Waals surface area (Å²) in [5, 5.41) is 4.92. The van der Waals surface area contributed by atoms with E-state index in [2.05, 4.69) is 47.3 Å². The van der Waals surface area contributed by atoms with Gasteiger partial charge in [-0.3, -0.25) is 4.79 Å². The number of aromatic nitrogens is 1. The number of hydrogen-bond acceptors (Lipinski definition) is 3. The number of nitrogens with zero attached hydrogens (tertiary/aromatic N) is 1. The second-order valence-electron chi connectivity index (χ2n) is 7.51. The number of carbonyl (C=O) groups excluding carboxylic acids is 1. The van der Waals surface area contributed by atoms with E-state index in [0.717, 1.165) is 55.0 Å². The van der Waals surface area contributed by atoms with Gasteiger partial charge in [0.15, 0.2) is 0 Å². The third-order valence-electron chi connectivity index (χ3n) is 5.43. The van der Waals surface area contributed by atoms with E-state index in [9.17, 15) is 4.79 Å². The Kier molecular flexibility index (Phi) is 6.57. The first-order chi connectivity index (χ1) is 14.2. The van der Waals surface area contributed by atoms with Gasteiger partial charge in [-0.15, -0.1) is 0 Å². The fourth-order valence-corrected chi connectivity index (χ4v) is 5.03. The van der Waals surface area contributed by atoms with Gasteiger partial charge in [0.25, 0.3) is 0 Å². The van der Waals surface area contributed by atoms with Gasteiger partial charge in [-0.05, 0) is 49.1 Å². The first-order valence-electron chi connectivity index (χ1n) is 10.4. The zero-order chi connectivity index (χ0) is 20.1. The van der Waals surface area contributed by atoms with Crippen LogP contribution in [0.4, 0.5) is 5.69 Å². The zero-order valence-corrected chi connectivity index (χ0v) is 17.7. The van der Waals surface area contributed by atoms with Gasteiger partial charge in [-0.25, -0.2) is 0 Å². The number of anilines is 1. The van der Waals surface area contributed by atoms with Crippen molar-refractivity contribution in [3.05, 3.63) is 65.9 Å². The zero-order valence-electron chi connectivity index (χ0n) is 16.9. The molecule has 3 aromatic rings. The molecule has 4 nitrogen and oxygen atoms in total. The summed E-state index contributed by atoms with van der Waals surface area (Å²) in [5.74, 6) is 0.997. The molecule has 29 heavy (non-hydrogen) atoms. The number of ether oxygens (including phenoxy) is 1. The van der Waals surface area contributed by atoms with Crippen LogP contribution in [0, 0.1) is 0 Å². The number of para-hydroxylation sites is 1. The summed E-state index contributed by atoms with van der Waals surface area (Å²) in [4.78, 5) is 12.7. The van der Waals surface area contributed by atoms with Gasteiger partial charge >= 0.3 is 0 Å². The number of aryl methyl sites for hydroxylation is 1. The number of nitrogens with one attached hydrogen (secondary N) is 1. The summed E-state index contributed by atoms with van der Waals surface area (Å²) < 4.78 is 7.64. The maximum Gasteiger partial charge on any atom is 0.228 e. The van der Waals surface area contributed by atoms with Crippen molar-refractivity contribution in [2.75, 3.05) is 18.5 Å². The Bertz CT molecular complexity index is 976. The maximum atomic E-state index is 12.7. The van der Waals surface area contributed by atoms with E-state index in [1.165, 1.54) is 11.1 Å². The van der Waals surface area contributed by atoms with Crippen LogP contribution in [0.1, 0.15) is 30.9 Å². The van der Waals surface area contributed by atoms with Crippen LogP contribution in [0.25, 0.3) is 10.9 Å². The van der Waals surface area contributed by atoms with Crippen LogP contribution in [0.2, 0.25) is 0 Å². The van der Waals surface area contributed by atoms with Crippen molar-refractivity contribution in [3.8, 4) is 0 Å². The quantitative estimate of drug-likeness (QED) is 0.580. The first kappa shape index (κ1) is 20.0. The third-order valence-corrected chi connectivity index (χ3v) is 6.87. The maximum absolute atomic E-state index is 12.7. The van der Waals surface area contributed by atoms with Gasteiger partial charge in [0.05, 0.1) is 6.42 Å². The number of amides is 1. The molecule has 1 fully saturated rings. The minimum Gasteiger partial charge on any atom is -0.381 e. The second-order valence-corrected chi connectivity index (χ2v) is 8.79. The average molecular weight is 409 g/mol. The Hall–Kier alpha value is -2.24. The van der Waals surface area contributed by atoms with Crippen LogP contribution in [0.5, 0.6) is 0 Å². The molecular weight excluding hydrogens is 380 g/mol. The number of fused-ring (bicyclic) bond motifs is 1. The molecule has 0 bridgehead atoms. The number of benzene rings is 2. The molecule has 1 aromatic heterocycles. The van der Waals surface area contributed by atoms with E-state index in [4.69, 9.17) is 4.74 Å². The Balaban J connectivity index is 1.38. The molecule has 1 amide bonds. The topological polar surface area (TPSA) is 43.3 Å². The summed E-state index contributed by atoms with van der Waals surface area (Å²) >= 11 is 1.99. The van der Waals surface area contributed by atoms with Crippen molar-refractivity contribution in [1.82, 2.24) is 4.57 Å². The molecular formula is C24H28N2O2S. The van der Waals surface area contributed by atoms with Crippen LogP contribution >= 0.6 is 11.8 Å². The highest BCUT2D eigenvalue weighted by molar-refractivity contribution is 7.99. The van der Waals surface area contributed by atoms with Gasteiger partial charge in [0, 0.05) is 53.5 Å². The van der Waals surface area contributed by atoms with Gasteiger partial charge in [-0.1, -0.05) is 30.3 Å². The average Bonchev–Trinajstić information content (AvgIpc) is 3.11. The van der Waals surface area contributed by atoms with Crippen molar-refractivity contribution in [2.45, 2.75) is 43.7 Å². The van der Waals surface area contributed by atoms with Crippen molar-refractivity contribution in [1.29, 1.82) is 0 Å². The molecule has 1 N–H and O–H groups in total. The van der Waals surface area contributed by atoms with E-state index in [1.807, 2.05) is 36.0 Å². The van der Waals surface area contributed by atoms with E-state index in [-0.39, 0.29) is 5.91 Å². The lowest BCUT2D eigenvalue weighted by atomic mass is 10.1. The summed E-state index contributed by atoms with van der Waals surface area (Å²) in [7, 11) is 0. The van der Waals surface area contributed by atoms with Crippen molar-refractivity contribution >= 4 is 34.3 Å². The third kappa shape index (κ3) is 5.03. The summed E-state index contributed by atoms with van der Waals surface area (Å²) in [6.45, 7) is 4.78. The van der Waals surface area contributed by atoms with Crippen molar-refractivity contribution in [2.24, 2.45) is 0 Å². The van der Waals surface area contributed by atoms with Crippen LogP contribution in [0.3, 0.4) is 0 Å². The van der Waals surface area contributed by atoms with Gasteiger partial charge in [-0.2, -0.15) is 11.8 Å². The van der Waals surface area contributed by atoms with Crippen LogP contribution in [-0.4, -0.2) is 28.9 Å². The highest BCUT2D eigenvalue weighted by Crippen LogP contribution is 2.27. The monoisotopic (exact) mass is 408 g/mol. The van der Waals surface area contributed by atoms with E-state index < -0.39 is 0 Å². The van der Waals surface area contributed by atoms with Gasteiger partial charge < -0.3 is 14.6 Å². The predicted molar refractivity (Wildman–Crippen MR) is 122 cm³/mol. The lowest BCUT2D eigenvalue weighted by Crippen LogP contribution is -2.17. The summed E-state index contributed by atoms with van der Waals surface area (Å²) in [6.07, 6.45) is 4.75. The molecule has 1 aliphatic heterocycles. The highest BCUT2D eigenvalue weighted by Gasteiger charge is 2.15. The molecule has 2 aromatic carbocycles. The standard InChI is InChI=1S/C24H28N2O2S/c1-2-26-16-19(22-8-3-4-9-23(22)26)15-24(27)25-20-7-5-6-18(14-20)17-29-21-10-12-28-13-11-21/h3-9,14,16,21H,2,10-13,15,17H2,1H3,(H,25,27). The predicted octanol–water partition coefficient (Wildman–Crippen LogP) is 5.25. The van der Waals surface area contributed by atoms with E-state index in [0.29, 0.717) is 11.7 Å². The molecule has 152 valence electrons. The lowest BCUT2D eigenvalue weighted by Gasteiger charge is -2.21. The minimum atomic E-state index is 0.0261. The Labute approximate surface area is 176 Å². The largest absolute Gasteiger partial charge is 0.381 e. The molecule has 4 rings (SSSR count). The van der Waals surface area contributed by atoms with Crippen molar-refractivity contribution < 1.29 is 9.53 Å². The van der Waals surface area contributed by atoms with Gasteiger partial charge in [0.2, 0.25) is 5.91 Å². The lowest BCUT2D eigenvalue weighted by molar-refractivity contribution is -0.115. The molecule has 0 radical (unpaired) electrons. The SMILES string of the molecule is CCn1cc(CC(=O)Nc2cccc(CSC3CCOCC3)c2)c2ccccc21. The number of hydrogen-bond donors (Lipinski definition) is 1. The van der Waals surface area contributed by atoms with Crippen LogP contribution < -0.4 is 5.32 Å². The Morgan fingerprint density at radius 3 is 2.83 bits per heavy atom. The highest BCUT2D eigenvalue weighted by atomic mass is 32.2. The van der Waals surface area contributed by atoms with Gasteiger partial charge in [0.1, 0.15) is 0 Å². The molecule has 0 atom stereocenters. The fourth-order valence-electron chi connectivity index (χ4n) is 3.90. The molecule has 5 heteroatoms. The second kappa shape index (κ2) is 9.51. The molecule has 2 heterocycles. The molecule has 0 saturated carbocycles. The molecule has 1 saturated heterocycles. The first-order valence-corrected chi connectivity index (χ1v) is 11.4. The summed E-state index contributed by atoms with van der Waals surface area (Å²) in [5.41, 5.74) is 4.39. The smallest absolute Gasteiger partial charge is 0.228 e. The molecule has 0 unspecified atom stereocenters. The Morgan fingerprint density at radius 2 is 2.00 bits per heavy atom. The van der Waals surface area contributed by atoms with Crippen molar-refractivity contribution in [3.63, 3.8) is 0 Å².